The van der Waals surface area contributed by atoms with Gasteiger partial charge in [0.25, 0.3) is 0 Å². The van der Waals surface area contributed by atoms with Gasteiger partial charge in [0.05, 0.1) is 0 Å². The van der Waals surface area contributed by atoms with E-state index in [1.54, 1.807) is 0 Å². The number of nitrogens with one attached hydrogen (secondary N) is 2. The van der Waals surface area contributed by atoms with Crippen molar-refractivity contribution >= 4 is 11.3 Å². The van der Waals surface area contributed by atoms with Crippen LogP contribution in [0.25, 0.3) is 0 Å². The van der Waals surface area contributed by atoms with E-state index >= 15 is 0 Å². The molecule has 1 heterocycles. The van der Waals surface area contributed by atoms with E-state index in [0.717, 1.165) is 38.8 Å². The molecule has 0 amide bonds. The Morgan fingerprint density at radius 2 is 1.65 bits per heavy atom. The van der Waals surface area contributed by atoms with Crippen LogP contribution in [-0.4, -0.2) is 27.4 Å². The molecule has 1 saturated heterocycles. The minimum atomic E-state index is -2.15. The maximum Gasteiger partial charge on any atom is 0.0267 e. The van der Waals surface area contributed by atoms with Crippen molar-refractivity contribution in [2.45, 2.75) is 63.8 Å². The van der Waals surface area contributed by atoms with Crippen LogP contribution in [0.4, 0.5) is 0 Å². The van der Waals surface area contributed by atoms with Crippen molar-refractivity contribution in [2.24, 2.45) is 0 Å². The van der Waals surface area contributed by atoms with Crippen LogP contribution in [0.2, 0.25) is 0 Å². The second kappa shape index (κ2) is 8.19. The molecule has 0 radical (unpaired) electrons. The molecule has 102 valence electrons. The summed E-state index contributed by atoms with van der Waals surface area (Å²) in [6, 6.07) is 0. The second-order valence-corrected chi connectivity index (χ2v) is 5.94. The minimum absolute atomic E-state index is 0.256. The summed E-state index contributed by atoms with van der Waals surface area (Å²) in [5.41, 5.74) is -0.256. The van der Waals surface area contributed by atoms with Crippen molar-refractivity contribution in [3.63, 3.8) is 0 Å². The molecule has 1 aliphatic rings. The molecular formula is C12H25N2O2S-. The summed E-state index contributed by atoms with van der Waals surface area (Å²) in [5, 5.41) is 3.41. The summed E-state index contributed by atoms with van der Waals surface area (Å²) in [6.45, 7) is 4.11. The molecule has 2 atom stereocenters. The molecule has 17 heavy (non-hydrogen) atoms. The van der Waals surface area contributed by atoms with Gasteiger partial charge >= 0.3 is 0 Å². The molecule has 4 nitrogen and oxygen atoms in total. The lowest BCUT2D eigenvalue weighted by molar-refractivity contribution is 0.326. The monoisotopic (exact) mass is 261 g/mol. The summed E-state index contributed by atoms with van der Waals surface area (Å²) >= 11 is -2.15. The van der Waals surface area contributed by atoms with E-state index in [4.69, 9.17) is 0 Å². The third-order valence-electron chi connectivity index (χ3n) is 3.49. The van der Waals surface area contributed by atoms with Crippen LogP contribution in [-0.2, 0) is 11.3 Å². The van der Waals surface area contributed by atoms with Gasteiger partial charge in [0.2, 0.25) is 0 Å². The average Bonchev–Trinajstić information content (AvgIpc) is 2.22. The molecule has 0 aromatic heterocycles. The lowest BCUT2D eigenvalue weighted by atomic mass is 9.90. The van der Waals surface area contributed by atoms with Crippen molar-refractivity contribution in [2.75, 3.05) is 13.1 Å². The molecule has 2 N–H and O–H groups in total. The molecule has 2 unspecified atom stereocenters. The Balaban J connectivity index is 2.44. The first-order valence-corrected chi connectivity index (χ1v) is 7.78. The lowest BCUT2D eigenvalue weighted by Crippen LogP contribution is -2.43. The van der Waals surface area contributed by atoms with E-state index in [9.17, 15) is 8.76 Å². The molecule has 0 aliphatic carbocycles. The van der Waals surface area contributed by atoms with Crippen molar-refractivity contribution in [3.8, 4) is 0 Å². The zero-order chi connectivity index (χ0) is 12.6. The van der Waals surface area contributed by atoms with Crippen molar-refractivity contribution in [3.05, 3.63) is 0 Å². The van der Waals surface area contributed by atoms with Crippen molar-refractivity contribution < 1.29 is 8.76 Å². The molecule has 0 saturated carbocycles. The van der Waals surface area contributed by atoms with Gasteiger partial charge in [-0.3, -0.25) is 4.21 Å². The summed E-state index contributed by atoms with van der Waals surface area (Å²) in [5.74, 6) is 0. The topological polar surface area (TPSA) is 64.2 Å². The van der Waals surface area contributed by atoms with Gasteiger partial charge in [0.15, 0.2) is 0 Å². The largest absolute Gasteiger partial charge is 0.760 e. The Labute approximate surface area is 107 Å². The zero-order valence-corrected chi connectivity index (χ0v) is 11.6. The van der Waals surface area contributed by atoms with Crippen molar-refractivity contribution in [1.82, 2.24) is 10.0 Å². The first-order chi connectivity index (χ1) is 8.12. The van der Waals surface area contributed by atoms with E-state index in [1.165, 1.54) is 25.7 Å². The van der Waals surface area contributed by atoms with Gasteiger partial charge in [-0.15, -0.1) is 0 Å². The Kier molecular flexibility index (Phi) is 7.27. The SMILES string of the molecule is CC1(NS(=O)[O-])CCCCCCCNCCC1. The molecule has 0 bridgehead atoms. The van der Waals surface area contributed by atoms with Crippen LogP contribution in [0, 0.1) is 0 Å². The molecule has 0 spiro atoms. The third-order valence-corrected chi connectivity index (χ3v) is 4.15. The minimum Gasteiger partial charge on any atom is -0.760 e. The van der Waals surface area contributed by atoms with E-state index in [0.29, 0.717) is 0 Å². The molecule has 1 rings (SSSR count). The van der Waals surface area contributed by atoms with Gasteiger partial charge in [-0.25, -0.2) is 4.72 Å². The second-order valence-electron chi connectivity index (χ2n) is 5.27. The average molecular weight is 261 g/mol. The molecule has 1 fully saturated rings. The highest BCUT2D eigenvalue weighted by atomic mass is 32.2. The first-order valence-electron chi connectivity index (χ1n) is 6.70. The van der Waals surface area contributed by atoms with Gasteiger partial charge in [-0.1, -0.05) is 25.7 Å². The standard InChI is InChI=1S/C12H26N2O2S/c1-12(14-17(15)16)8-5-3-2-4-6-10-13-11-7-9-12/h13-14H,2-11H2,1H3,(H,15,16)/p-1. The Morgan fingerprint density at radius 3 is 2.41 bits per heavy atom. The van der Waals surface area contributed by atoms with Gasteiger partial charge < -0.3 is 9.87 Å². The Morgan fingerprint density at radius 1 is 1.06 bits per heavy atom. The Hall–Kier alpha value is 0.0300. The van der Waals surface area contributed by atoms with Gasteiger partial charge in [0.1, 0.15) is 0 Å². The highest BCUT2D eigenvalue weighted by Crippen LogP contribution is 2.21. The van der Waals surface area contributed by atoms with E-state index in [1.807, 2.05) is 6.92 Å². The maximum atomic E-state index is 10.8. The van der Waals surface area contributed by atoms with Gasteiger partial charge in [0, 0.05) is 16.8 Å². The van der Waals surface area contributed by atoms with Crippen LogP contribution in [0.1, 0.15) is 58.3 Å². The quantitative estimate of drug-likeness (QED) is 0.746. The predicted octanol–water partition coefficient (Wildman–Crippen LogP) is 1.85. The normalized spacial score (nSPS) is 31.2. The maximum absolute atomic E-state index is 10.8. The molecule has 5 heteroatoms. The van der Waals surface area contributed by atoms with Crippen LogP contribution in [0.15, 0.2) is 0 Å². The number of rotatable bonds is 2. The fourth-order valence-corrected chi connectivity index (χ4v) is 3.06. The first kappa shape index (κ1) is 15.1. The summed E-state index contributed by atoms with van der Waals surface area (Å²) in [6.07, 6.45) is 9.02. The number of hydrogen-bond donors (Lipinski definition) is 2. The van der Waals surface area contributed by atoms with Crippen LogP contribution >= 0.6 is 0 Å². The summed E-state index contributed by atoms with van der Waals surface area (Å²) < 4.78 is 24.3. The summed E-state index contributed by atoms with van der Waals surface area (Å²) in [4.78, 5) is 0. The van der Waals surface area contributed by atoms with Crippen molar-refractivity contribution in [1.29, 1.82) is 0 Å². The lowest BCUT2D eigenvalue weighted by Gasteiger charge is -2.32. The smallest absolute Gasteiger partial charge is 0.0267 e. The number of hydrogen-bond acceptors (Lipinski definition) is 3. The fraction of sp³-hybridized carbons (Fsp3) is 1.00. The summed E-state index contributed by atoms with van der Waals surface area (Å²) in [7, 11) is 0. The predicted molar refractivity (Wildman–Crippen MR) is 70.3 cm³/mol. The van der Waals surface area contributed by atoms with Crippen LogP contribution in [0.5, 0.6) is 0 Å². The van der Waals surface area contributed by atoms with E-state index < -0.39 is 11.3 Å². The van der Waals surface area contributed by atoms with E-state index in [2.05, 4.69) is 10.0 Å². The van der Waals surface area contributed by atoms with E-state index in [-0.39, 0.29) is 5.54 Å². The Bertz CT molecular complexity index is 225. The highest BCUT2D eigenvalue weighted by Gasteiger charge is 2.23. The fourth-order valence-electron chi connectivity index (χ4n) is 2.45. The molecule has 0 aromatic rings. The molecule has 0 aromatic carbocycles. The molecule has 1 aliphatic heterocycles. The van der Waals surface area contributed by atoms with Crippen LogP contribution < -0.4 is 10.0 Å². The van der Waals surface area contributed by atoms with Gasteiger partial charge in [-0.05, 0) is 45.7 Å². The molecular weight excluding hydrogens is 236 g/mol. The van der Waals surface area contributed by atoms with Crippen LogP contribution in [0.3, 0.4) is 0 Å². The highest BCUT2D eigenvalue weighted by molar-refractivity contribution is 7.77. The third kappa shape index (κ3) is 7.13. The van der Waals surface area contributed by atoms with Gasteiger partial charge in [-0.2, -0.15) is 0 Å². The zero-order valence-electron chi connectivity index (χ0n) is 10.8.